The van der Waals surface area contributed by atoms with Crippen LogP contribution in [-0.2, 0) is 10.0 Å². The molecule has 1 fully saturated rings. The number of rotatable bonds is 3. The maximum atomic E-state index is 12.2. The zero-order valence-corrected chi connectivity index (χ0v) is 9.89. The van der Waals surface area contributed by atoms with Crippen molar-refractivity contribution in [3.8, 4) is 0 Å². The fourth-order valence-corrected chi connectivity index (χ4v) is 2.51. The van der Waals surface area contributed by atoms with Crippen LogP contribution in [0.2, 0.25) is 0 Å². The minimum absolute atomic E-state index is 0.250. The summed E-state index contributed by atoms with van der Waals surface area (Å²) in [5.41, 5.74) is -5.70. The average Bonchev–Trinajstić information content (AvgIpc) is 2.62. The lowest BCUT2D eigenvalue weighted by Gasteiger charge is -2.37. The second kappa shape index (κ2) is 4.16. The number of carbonyl (C=O) groups is 1. The predicted octanol–water partition coefficient (Wildman–Crippen LogP) is -0.317. The van der Waals surface area contributed by atoms with Gasteiger partial charge in [0.2, 0.25) is 0 Å². The standard InChI is InChI=1S/C7H7F3N4O4S/c8-7(9,10)19(17,18)13-1-4(2-13)14-3-5(6(15)16)11-12-14/h3-4H,1-2H2,(H,15,16). The summed E-state index contributed by atoms with van der Waals surface area (Å²) >= 11 is 0. The monoisotopic (exact) mass is 300 g/mol. The molecular weight excluding hydrogens is 293 g/mol. The van der Waals surface area contributed by atoms with E-state index in [2.05, 4.69) is 10.3 Å². The van der Waals surface area contributed by atoms with Crippen LogP contribution in [0.5, 0.6) is 0 Å². The van der Waals surface area contributed by atoms with E-state index in [9.17, 15) is 26.4 Å². The number of sulfonamides is 1. The molecule has 1 aromatic rings. The number of hydrogen-bond acceptors (Lipinski definition) is 5. The zero-order chi connectivity index (χ0) is 14.4. The first-order valence-corrected chi connectivity index (χ1v) is 6.28. The van der Waals surface area contributed by atoms with Gasteiger partial charge in [-0.1, -0.05) is 5.21 Å². The van der Waals surface area contributed by atoms with Crippen LogP contribution in [0.1, 0.15) is 16.5 Å². The predicted molar refractivity (Wildman–Crippen MR) is 52.6 cm³/mol. The number of aromatic nitrogens is 3. The van der Waals surface area contributed by atoms with Gasteiger partial charge < -0.3 is 5.11 Å². The number of carboxylic acids is 1. The van der Waals surface area contributed by atoms with Crippen LogP contribution in [0.15, 0.2) is 6.20 Å². The minimum Gasteiger partial charge on any atom is -0.476 e. The zero-order valence-electron chi connectivity index (χ0n) is 9.07. The quantitative estimate of drug-likeness (QED) is 0.820. The molecule has 0 unspecified atom stereocenters. The molecule has 8 nitrogen and oxygen atoms in total. The molecule has 1 aliphatic heterocycles. The highest BCUT2D eigenvalue weighted by Crippen LogP contribution is 2.33. The Morgan fingerprint density at radius 1 is 1.42 bits per heavy atom. The van der Waals surface area contributed by atoms with Gasteiger partial charge in [-0.15, -0.1) is 5.10 Å². The Labute approximate surface area is 104 Å². The Hall–Kier alpha value is -1.69. The summed E-state index contributed by atoms with van der Waals surface area (Å²) in [5.74, 6) is -1.33. The first-order chi connectivity index (χ1) is 8.63. The van der Waals surface area contributed by atoms with Gasteiger partial charge in [-0.05, 0) is 0 Å². The van der Waals surface area contributed by atoms with Crippen LogP contribution in [0.25, 0.3) is 0 Å². The van der Waals surface area contributed by atoms with Crippen molar-refractivity contribution >= 4 is 16.0 Å². The number of carboxylic acid groups (broad SMARTS) is 1. The van der Waals surface area contributed by atoms with Crippen molar-refractivity contribution in [2.75, 3.05) is 13.1 Å². The number of aromatic carboxylic acids is 1. The third-order valence-electron chi connectivity index (χ3n) is 2.56. The SMILES string of the molecule is O=C(O)c1cn(C2CN(S(=O)(=O)C(F)(F)F)C2)nn1. The third-order valence-corrected chi connectivity index (χ3v) is 4.13. The molecular formula is C7H7F3N4O4S. The van der Waals surface area contributed by atoms with E-state index in [-0.39, 0.29) is 10.00 Å². The lowest BCUT2D eigenvalue weighted by Crippen LogP contribution is -2.54. The van der Waals surface area contributed by atoms with Crippen LogP contribution in [0.3, 0.4) is 0 Å². The molecule has 2 rings (SSSR count). The molecule has 1 saturated heterocycles. The molecule has 0 spiro atoms. The van der Waals surface area contributed by atoms with Crippen molar-refractivity contribution in [1.82, 2.24) is 19.3 Å². The van der Waals surface area contributed by atoms with E-state index in [1.54, 1.807) is 0 Å². The number of nitrogens with zero attached hydrogens (tertiary/aromatic N) is 4. The van der Waals surface area contributed by atoms with E-state index in [1.807, 2.05) is 0 Å². The minimum atomic E-state index is -5.34. The molecule has 1 N–H and O–H groups in total. The number of hydrogen-bond donors (Lipinski definition) is 1. The number of halogens is 3. The van der Waals surface area contributed by atoms with Crippen molar-refractivity contribution in [3.05, 3.63) is 11.9 Å². The Bertz CT molecular complexity index is 604. The molecule has 0 aromatic carbocycles. The molecule has 106 valence electrons. The smallest absolute Gasteiger partial charge is 0.476 e. The topological polar surface area (TPSA) is 105 Å². The maximum Gasteiger partial charge on any atom is 0.511 e. The van der Waals surface area contributed by atoms with Crippen LogP contribution in [0.4, 0.5) is 13.2 Å². The van der Waals surface area contributed by atoms with Gasteiger partial charge in [0, 0.05) is 13.1 Å². The van der Waals surface area contributed by atoms with Crippen LogP contribution < -0.4 is 0 Å². The molecule has 0 radical (unpaired) electrons. The van der Waals surface area contributed by atoms with Crippen LogP contribution in [-0.4, -0.2) is 57.4 Å². The fraction of sp³-hybridized carbons (Fsp3) is 0.571. The first-order valence-electron chi connectivity index (χ1n) is 4.84. The Kier molecular flexibility index (Phi) is 3.01. The summed E-state index contributed by atoms with van der Waals surface area (Å²) in [5, 5.41) is 15.3. The molecule has 1 aromatic heterocycles. The summed E-state index contributed by atoms with van der Waals surface area (Å²) in [6.45, 7) is -0.853. The average molecular weight is 300 g/mol. The van der Waals surface area contributed by atoms with Gasteiger partial charge in [-0.2, -0.15) is 17.5 Å². The molecule has 1 aliphatic rings. The summed E-state index contributed by atoms with van der Waals surface area (Å²) in [4.78, 5) is 10.5. The second-order valence-electron chi connectivity index (χ2n) is 3.81. The van der Waals surface area contributed by atoms with Crippen molar-refractivity contribution in [3.63, 3.8) is 0 Å². The fourth-order valence-electron chi connectivity index (χ4n) is 1.48. The van der Waals surface area contributed by atoms with Gasteiger partial charge in [-0.3, -0.25) is 0 Å². The summed E-state index contributed by atoms with van der Waals surface area (Å²) in [6.07, 6.45) is 1.03. The van der Waals surface area contributed by atoms with Gasteiger partial charge in [-0.25, -0.2) is 17.9 Å². The Balaban J connectivity index is 2.06. The van der Waals surface area contributed by atoms with Crippen molar-refractivity contribution in [2.24, 2.45) is 0 Å². The molecule has 0 bridgehead atoms. The highest BCUT2D eigenvalue weighted by atomic mass is 32.2. The van der Waals surface area contributed by atoms with Gasteiger partial charge in [0.25, 0.3) is 0 Å². The van der Waals surface area contributed by atoms with E-state index in [0.29, 0.717) is 0 Å². The van der Waals surface area contributed by atoms with Crippen LogP contribution >= 0.6 is 0 Å². The van der Waals surface area contributed by atoms with Gasteiger partial charge in [0.15, 0.2) is 5.69 Å². The van der Waals surface area contributed by atoms with E-state index in [1.165, 1.54) is 0 Å². The largest absolute Gasteiger partial charge is 0.511 e. The van der Waals surface area contributed by atoms with Crippen molar-refractivity contribution in [2.45, 2.75) is 11.6 Å². The molecule has 0 atom stereocenters. The van der Waals surface area contributed by atoms with Gasteiger partial charge in [0.05, 0.1) is 12.2 Å². The lowest BCUT2D eigenvalue weighted by atomic mass is 10.2. The van der Waals surface area contributed by atoms with Crippen molar-refractivity contribution in [1.29, 1.82) is 0 Å². The second-order valence-corrected chi connectivity index (χ2v) is 5.74. The normalized spacial score (nSPS) is 18.3. The van der Waals surface area contributed by atoms with Gasteiger partial charge in [0.1, 0.15) is 0 Å². The van der Waals surface area contributed by atoms with Gasteiger partial charge >= 0.3 is 21.5 Å². The maximum absolute atomic E-state index is 12.2. The van der Waals surface area contributed by atoms with E-state index in [0.717, 1.165) is 10.9 Å². The molecule has 0 aliphatic carbocycles. The van der Waals surface area contributed by atoms with E-state index < -0.39 is 40.6 Å². The molecule has 19 heavy (non-hydrogen) atoms. The summed E-state index contributed by atoms with van der Waals surface area (Å²) < 4.78 is 59.9. The molecule has 12 heteroatoms. The highest BCUT2D eigenvalue weighted by molar-refractivity contribution is 7.90. The molecule has 0 amide bonds. The van der Waals surface area contributed by atoms with Crippen LogP contribution in [0, 0.1) is 0 Å². The third kappa shape index (κ3) is 2.28. The highest BCUT2D eigenvalue weighted by Gasteiger charge is 2.53. The van der Waals surface area contributed by atoms with E-state index in [4.69, 9.17) is 5.11 Å². The summed E-state index contributed by atoms with van der Waals surface area (Å²) in [7, 11) is -5.33. The lowest BCUT2D eigenvalue weighted by molar-refractivity contribution is -0.0521. The molecule has 0 saturated carbocycles. The Morgan fingerprint density at radius 2 is 2.00 bits per heavy atom. The summed E-state index contributed by atoms with van der Waals surface area (Å²) in [6, 6.07) is -0.655. The Morgan fingerprint density at radius 3 is 2.42 bits per heavy atom. The van der Waals surface area contributed by atoms with Crippen molar-refractivity contribution < 1.29 is 31.5 Å². The molecule has 2 heterocycles. The first kappa shape index (κ1) is 13.7. The van der Waals surface area contributed by atoms with E-state index >= 15 is 0 Å². The number of alkyl halides is 3.